The van der Waals surface area contributed by atoms with Crippen LogP contribution in [0.5, 0.6) is 0 Å². The summed E-state index contributed by atoms with van der Waals surface area (Å²) in [7, 11) is 0. The Hall–Kier alpha value is -0.860. The molecule has 1 heterocycles. The van der Waals surface area contributed by atoms with E-state index in [1.54, 1.807) is 11.3 Å². The van der Waals surface area contributed by atoms with Crippen LogP contribution < -0.4 is 0 Å². The fourth-order valence-electron chi connectivity index (χ4n) is 3.87. The molecule has 0 saturated heterocycles. The number of benzene rings is 1. The summed E-state index contributed by atoms with van der Waals surface area (Å²) in [4.78, 5) is 0. The van der Waals surface area contributed by atoms with Crippen molar-refractivity contribution in [1.82, 2.24) is 0 Å². The minimum atomic E-state index is -0.574. The van der Waals surface area contributed by atoms with Gasteiger partial charge in [0.05, 0.1) is 5.60 Å². The number of fused-ring (bicyclic) bond motifs is 1. The topological polar surface area (TPSA) is 20.2 Å². The first-order valence-corrected chi connectivity index (χ1v) is 8.33. The van der Waals surface area contributed by atoms with Crippen molar-refractivity contribution in [3.63, 3.8) is 0 Å². The summed E-state index contributed by atoms with van der Waals surface area (Å²) >= 11 is 1.77. The molecule has 19 heavy (non-hydrogen) atoms. The molecular weight excluding hydrogens is 252 g/mol. The van der Waals surface area contributed by atoms with E-state index in [2.05, 4.69) is 29.6 Å². The zero-order valence-corrected chi connectivity index (χ0v) is 12.0. The lowest BCUT2D eigenvalue weighted by atomic mass is 9.72. The molecule has 1 nitrogen and oxygen atoms in total. The lowest BCUT2D eigenvalue weighted by Crippen LogP contribution is -2.33. The van der Waals surface area contributed by atoms with Crippen LogP contribution in [-0.2, 0) is 5.60 Å². The van der Waals surface area contributed by atoms with Gasteiger partial charge < -0.3 is 5.11 Å². The van der Waals surface area contributed by atoms with Gasteiger partial charge in [-0.15, -0.1) is 11.3 Å². The maximum absolute atomic E-state index is 11.2. The summed E-state index contributed by atoms with van der Waals surface area (Å²) in [6.07, 6.45) is 7.21. The van der Waals surface area contributed by atoms with Gasteiger partial charge in [0, 0.05) is 10.3 Å². The van der Waals surface area contributed by atoms with E-state index in [4.69, 9.17) is 0 Å². The highest BCUT2D eigenvalue weighted by atomic mass is 32.1. The Balaban J connectivity index is 1.74. The van der Waals surface area contributed by atoms with E-state index in [0.29, 0.717) is 0 Å². The highest BCUT2D eigenvalue weighted by Crippen LogP contribution is 2.50. The molecule has 1 aromatic heterocycles. The SMILES string of the molecule is OC1(c2cccc3ccsc23)CCCC(C2CC2)C1. The number of thiophene rings is 1. The van der Waals surface area contributed by atoms with Crippen molar-refractivity contribution >= 4 is 21.4 Å². The zero-order valence-electron chi connectivity index (χ0n) is 11.1. The van der Waals surface area contributed by atoms with Gasteiger partial charge in [0.25, 0.3) is 0 Å². The maximum Gasteiger partial charge on any atom is 0.0913 e. The maximum atomic E-state index is 11.2. The summed E-state index contributed by atoms with van der Waals surface area (Å²) in [6.45, 7) is 0. The molecule has 2 aromatic rings. The molecule has 2 heteroatoms. The minimum absolute atomic E-state index is 0.574. The molecule has 0 radical (unpaired) electrons. The highest BCUT2D eigenvalue weighted by Gasteiger charge is 2.42. The third kappa shape index (κ3) is 2.02. The first-order valence-electron chi connectivity index (χ1n) is 7.45. The van der Waals surface area contributed by atoms with E-state index < -0.39 is 5.60 Å². The van der Waals surface area contributed by atoms with Crippen LogP contribution in [0.4, 0.5) is 0 Å². The third-order valence-corrected chi connectivity index (χ3v) is 6.00. The number of hydrogen-bond acceptors (Lipinski definition) is 2. The molecule has 4 rings (SSSR count). The number of aliphatic hydroxyl groups is 1. The van der Waals surface area contributed by atoms with E-state index in [0.717, 1.165) is 24.7 Å². The van der Waals surface area contributed by atoms with E-state index in [1.165, 1.54) is 41.3 Å². The van der Waals surface area contributed by atoms with E-state index in [-0.39, 0.29) is 0 Å². The largest absolute Gasteiger partial charge is 0.385 e. The van der Waals surface area contributed by atoms with Gasteiger partial charge in [0.2, 0.25) is 0 Å². The van der Waals surface area contributed by atoms with Crippen molar-refractivity contribution in [2.45, 2.75) is 44.1 Å². The Labute approximate surface area is 118 Å². The second kappa shape index (κ2) is 4.32. The Morgan fingerprint density at radius 1 is 1.11 bits per heavy atom. The van der Waals surface area contributed by atoms with Crippen molar-refractivity contribution in [2.75, 3.05) is 0 Å². The van der Waals surface area contributed by atoms with Crippen molar-refractivity contribution in [3.05, 3.63) is 35.2 Å². The van der Waals surface area contributed by atoms with E-state index in [9.17, 15) is 5.11 Å². The molecule has 0 bridgehead atoms. The van der Waals surface area contributed by atoms with Gasteiger partial charge in [0.1, 0.15) is 0 Å². The highest BCUT2D eigenvalue weighted by molar-refractivity contribution is 7.17. The zero-order chi connectivity index (χ0) is 12.9. The van der Waals surface area contributed by atoms with Gasteiger partial charge >= 0.3 is 0 Å². The second-order valence-electron chi connectivity index (χ2n) is 6.37. The summed E-state index contributed by atoms with van der Waals surface area (Å²) in [5.74, 6) is 1.67. The molecule has 2 aliphatic carbocycles. The lowest BCUT2D eigenvalue weighted by molar-refractivity contribution is -0.0237. The van der Waals surface area contributed by atoms with Crippen LogP contribution in [0.3, 0.4) is 0 Å². The van der Waals surface area contributed by atoms with Gasteiger partial charge in [-0.2, -0.15) is 0 Å². The fourth-order valence-corrected chi connectivity index (χ4v) is 4.88. The van der Waals surface area contributed by atoms with Crippen LogP contribution in [0, 0.1) is 11.8 Å². The quantitative estimate of drug-likeness (QED) is 0.841. The monoisotopic (exact) mass is 272 g/mol. The van der Waals surface area contributed by atoms with Crippen molar-refractivity contribution in [1.29, 1.82) is 0 Å². The van der Waals surface area contributed by atoms with E-state index in [1.807, 2.05) is 0 Å². The lowest BCUT2D eigenvalue weighted by Gasteiger charge is -2.37. The fraction of sp³-hybridized carbons (Fsp3) is 0.529. The van der Waals surface area contributed by atoms with Gasteiger partial charge in [-0.3, -0.25) is 0 Å². The summed E-state index contributed by atoms with van der Waals surface area (Å²) in [5, 5.41) is 14.6. The van der Waals surface area contributed by atoms with Gasteiger partial charge in [-0.25, -0.2) is 0 Å². The molecule has 100 valence electrons. The smallest absolute Gasteiger partial charge is 0.0913 e. The molecular formula is C17H20OS. The van der Waals surface area contributed by atoms with Crippen LogP contribution in [0.25, 0.3) is 10.1 Å². The van der Waals surface area contributed by atoms with Crippen molar-refractivity contribution in [2.24, 2.45) is 11.8 Å². The number of hydrogen-bond donors (Lipinski definition) is 1. The van der Waals surface area contributed by atoms with E-state index >= 15 is 0 Å². The molecule has 1 aromatic carbocycles. The van der Waals surface area contributed by atoms with Crippen LogP contribution in [0.1, 0.15) is 44.1 Å². The Bertz CT molecular complexity index is 598. The van der Waals surface area contributed by atoms with Gasteiger partial charge in [0.15, 0.2) is 0 Å². The molecule has 2 fully saturated rings. The molecule has 1 N–H and O–H groups in total. The van der Waals surface area contributed by atoms with Crippen molar-refractivity contribution in [3.8, 4) is 0 Å². The number of rotatable bonds is 2. The van der Waals surface area contributed by atoms with Crippen LogP contribution in [0.2, 0.25) is 0 Å². The molecule has 2 atom stereocenters. The molecule has 2 aliphatic rings. The summed E-state index contributed by atoms with van der Waals surface area (Å²) < 4.78 is 1.29. The first-order chi connectivity index (χ1) is 9.26. The third-order valence-electron chi connectivity index (χ3n) is 5.03. The molecule has 0 spiro atoms. The molecule has 0 aliphatic heterocycles. The van der Waals surface area contributed by atoms with Gasteiger partial charge in [-0.1, -0.05) is 18.2 Å². The average Bonchev–Trinajstić information content (AvgIpc) is 3.16. The average molecular weight is 272 g/mol. The van der Waals surface area contributed by atoms with Crippen LogP contribution in [-0.4, -0.2) is 5.11 Å². The Kier molecular flexibility index (Phi) is 2.71. The normalized spacial score (nSPS) is 31.7. The summed E-state index contributed by atoms with van der Waals surface area (Å²) in [5.41, 5.74) is 0.612. The van der Waals surface area contributed by atoms with Crippen molar-refractivity contribution < 1.29 is 5.11 Å². The van der Waals surface area contributed by atoms with Gasteiger partial charge in [-0.05, 0) is 67.2 Å². The Morgan fingerprint density at radius 3 is 2.84 bits per heavy atom. The molecule has 2 unspecified atom stereocenters. The van der Waals surface area contributed by atoms with Crippen LogP contribution in [0.15, 0.2) is 29.6 Å². The predicted molar refractivity (Wildman–Crippen MR) is 80.4 cm³/mol. The molecule has 0 amide bonds. The predicted octanol–water partition coefficient (Wildman–Crippen LogP) is 4.69. The molecule has 2 saturated carbocycles. The Morgan fingerprint density at radius 2 is 2.00 bits per heavy atom. The minimum Gasteiger partial charge on any atom is -0.385 e. The first kappa shape index (κ1) is 11.9. The standard InChI is InChI=1S/C17H20OS/c18-17(9-2-4-14(11-17)12-6-7-12)15-5-1-3-13-8-10-19-16(13)15/h1,3,5,8,10,12,14,18H,2,4,6-7,9,11H2. The van der Waals surface area contributed by atoms with Crippen LogP contribution >= 0.6 is 11.3 Å². The second-order valence-corrected chi connectivity index (χ2v) is 7.29. The summed E-state index contributed by atoms with van der Waals surface area (Å²) in [6, 6.07) is 8.56.